The van der Waals surface area contributed by atoms with E-state index in [-0.39, 0.29) is 11.9 Å². The Kier molecular flexibility index (Phi) is 5.23. The lowest BCUT2D eigenvalue weighted by atomic mass is 10.2. The van der Waals surface area contributed by atoms with Gasteiger partial charge in [-0.1, -0.05) is 17.7 Å². The van der Waals surface area contributed by atoms with Gasteiger partial charge in [-0.2, -0.15) is 0 Å². The molecule has 7 heteroatoms. The number of aromatic nitrogens is 1. The first-order valence-electron chi connectivity index (χ1n) is 8.60. The summed E-state index contributed by atoms with van der Waals surface area (Å²) in [7, 11) is 1.96. The molecule has 1 aliphatic heterocycles. The van der Waals surface area contributed by atoms with Crippen LogP contribution in [-0.2, 0) is 7.05 Å². The first-order valence-corrected chi connectivity index (χ1v) is 8.98. The molecule has 0 aliphatic carbocycles. The zero-order valence-electron chi connectivity index (χ0n) is 15.3. The Balaban J connectivity index is 1.59. The molecule has 3 amide bonds. The lowest BCUT2D eigenvalue weighted by Gasteiger charge is -2.34. The third kappa shape index (κ3) is 3.70. The molecule has 138 valence electrons. The molecule has 6 nitrogen and oxygen atoms in total. The van der Waals surface area contributed by atoms with Crippen LogP contribution in [0.1, 0.15) is 21.7 Å². The highest BCUT2D eigenvalue weighted by molar-refractivity contribution is 6.30. The van der Waals surface area contributed by atoms with Gasteiger partial charge < -0.3 is 19.7 Å². The van der Waals surface area contributed by atoms with Gasteiger partial charge in [-0.15, -0.1) is 0 Å². The van der Waals surface area contributed by atoms with Gasteiger partial charge in [0.25, 0.3) is 5.91 Å². The van der Waals surface area contributed by atoms with Gasteiger partial charge in [0.15, 0.2) is 0 Å². The summed E-state index contributed by atoms with van der Waals surface area (Å²) in [5.41, 5.74) is 3.43. The third-order valence-corrected chi connectivity index (χ3v) is 5.17. The number of urea groups is 1. The van der Waals surface area contributed by atoms with Gasteiger partial charge >= 0.3 is 6.03 Å². The minimum atomic E-state index is -0.175. The summed E-state index contributed by atoms with van der Waals surface area (Å²) in [5.74, 6) is 0.0288. The van der Waals surface area contributed by atoms with Crippen LogP contribution in [-0.4, -0.2) is 52.5 Å². The molecule has 1 aromatic heterocycles. The van der Waals surface area contributed by atoms with Crippen LogP contribution in [0.25, 0.3) is 0 Å². The van der Waals surface area contributed by atoms with Crippen molar-refractivity contribution in [2.24, 2.45) is 7.05 Å². The van der Waals surface area contributed by atoms with Gasteiger partial charge in [-0.25, -0.2) is 4.79 Å². The monoisotopic (exact) mass is 374 g/mol. The Hall–Kier alpha value is -2.47. The molecule has 1 aromatic carbocycles. The van der Waals surface area contributed by atoms with E-state index < -0.39 is 0 Å². The summed E-state index contributed by atoms with van der Waals surface area (Å²) < 4.78 is 2.02. The van der Waals surface area contributed by atoms with Crippen LogP contribution in [0.3, 0.4) is 0 Å². The van der Waals surface area contributed by atoms with E-state index in [2.05, 4.69) is 5.32 Å². The van der Waals surface area contributed by atoms with Crippen LogP contribution in [0, 0.1) is 13.8 Å². The SMILES string of the molecule is Cc1cc(C(=O)N2CCN(C(=O)Nc3cccc(Cl)c3)CC2)c(C)n1C. The number of nitrogens with one attached hydrogen (secondary N) is 1. The number of amides is 3. The van der Waals surface area contributed by atoms with Crippen molar-refractivity contribution in [1.82, 2.24) is 14.4 Å². The molecular weight excluding hydrogens is 352 g/mol. The number of hydrogen-bond donors (Lipinski definition) is 1. The van der Waals surface area contributed by atoms with E-state index in [1.54, 1.807) is 29.2 Å². The standard InChI is InChI=1S/C19H23ClN4O2/c1-13-11-17(14(2)22(13)3)18(25)23-7-9-24(10-8-23)19(26)21-16-6-4-5-15(20)12-16/h4-6,11-12H,7-10H2,1-3H3,(H,21,26). The number of halogens is 1. The Labute approximate surface area is 158 Å². The Morgan fingerprint density at radius 3 is 2.27 bits per heavy atom. The number of carbonyl (C=O) groups is 2. The summed E-state index contributed by atoms with van der Waals surface area (Å²) in [4.78, 5) is 28.7. The number of carbonyl (C=O) groups excluding carboxylic acids is 2. The molecule has 0 unspecified atom stereocenters. The van der Waals surface area contributed by atoms with Gasteiger partial charge in [0.05, 0.1) is 5.56 Å². The second-order valence-electron chi connectivity index (χ2n) is 6.56. The molecule has 1 aliphatic rings. The predicted octanol–water partition coefficient (Wildman–Crippen LogP) is 3.29. The second kappa shape index (κ2) is 7.41. The highest BCUT2D eigenvalue weighted by atomic mass is 35.5. The molecule has 0 saturated carbocycles. The number of aryl methyl sites for hydroxylation is 1. The molecule has 3 rings (SSSR count). The van der Waals surface area contributed by atoms with Gasteiger partial charge in [0, 0.05) is 55.3 Å². The minimum Gasteiger partial charge on any atom is -0.351 e. The number of anilines is 1. The fraction of sp³-hybridized carbons (Fsp3) is 0.368. The van der Waals surface area contributed by atoms with Crippen molar-refractivity contribution in [3.05, 3.63) is 52.3 Å². The van der Waals surface area contributed by atoms with E-state index in [0.717, 1.165) is 17.0 Å². The molecule has 0 radical (unpaired) electrons. The van der Waals surface area contributed by atoms with Gasteiger partial charge in [-0.3, -0.25) is 4.79 Å². The van der Waals surface area contributed by atoms with E-state index in [1.807, 2.05) is 36.4 Å². The van der Waals surface area contributed by atoms with E-state index in [4.69, 9.17) is 11.6 Å². The van der Waals surface area contributed by atoms with Crippen LogP contribution >= 0.6 is 11.6 Å². The number of hydrogen-bond acceptors (Lipinski definition) is 2. The Morgan fingerprint density at radius 1 is 1.04 bits per heavy atom. The molecule has 0 atom stereocenters. The molecule has 2 aromatic rings. The lowest BCUT2D eigenvalue weighted by molar-refractivity contribution is 0.0671. The number of rotatable bonds is 2. The highest BCUT2D eigenvalue weighted by Crippen LogP contribution is 2.18. The smallest absolute Gasteiger partial charge is 0.321 e. The van der Waals surface area contributed by atoms with Gasteiger partial charge in [0.1, 0.15) is 0 Å². The van der Waals surface area contributed by atoms with E-state index in [9.17, 15) is 9.59 Å². The molecule has 0 bridgehead atoms. The van der Waals surface area contributed by atoms with Crippen molar-refractivity contribution >= 4 is 29.2 Å². The van der Waals surface area contributed by atoms with Crippen LogP contribution in [0.5, 0.6) is 0 Å². The van der Waals surface area contributed by atoms with Crippen molar-refractivity contribution in [2.75, 3.05) is 31.5 Å². The quantitative estimate of drug-likeness (QED) is 0.876. The van der Waals surface area contributed by atoms with E-state index in [1.165, 1.54) is 0 Å². The second-order valence-corrected chi connectivity index (χ2v) is 7.00. The average molecular weight is 375 g/mol. The molecule has 26 heavy (non-hydrogen) atoms. The minimum absolute atomic E-state index is 0.0288. The van der Waals surface area contributed by atoms with E-state index >= 15 is 0 Å². The summed E-state index contributed by atoms with van der Waals surface area (Å²) in [6.45, 7) is 5.99. The number of piperazine rings is 1. The Bertz CT molecular complexity index is 838. The third-order valence-electron chi connectivity index (χ3n) is 4.94. The largest absolute Gasteiger partial charge is 0.351 e. The molecule has 1 N–H and O–H groups in total. The first-order chi connectivity index (χ1) is 12.4. The average Bonchev–Trinajstić information content (AvgIpc) is 2.88. The summed E-state index contributed by atoms with van der Waals surface area (Å²) >= 11 is 5.94. The van der Waals surface area contributed by atoms with Crippen LogP contribution in [0.15, 0.2) is 30.3 Å². The van der Waals surface area contributed by atoms with Crippen LogP contribution in [0.2, 0.25) is 5.02 Å². The molecule has 2 heterocycles. The number of benzene rings is 1. The molecule has 1 saturated heterocycles. The summed E-state index contributed by atoms with van der Waals surface area (Å²) in [6, 6.07) is 8.80. The maximum absolute atomic E-state index is 12.8. The number of nitrogens with zero attached hydrogens (tertiary/aromatic N) is 3. The zero-order chi connectivity index (χ0) is 18.8. The lowest BCUT2D eigenvalue weighted by Crippen LogP contribution is -2.51. The van der Waals surface area contributed by atoms with Crippen LogP contribution < -0.4 is 5.32 Å². The van der Waals surface area contributed by atoms with Crippen molar-refractivity contribution in [2.45, 2.75) is 13.8 Å². The normalized spacial score (nSPS) is 14.5. The van der Waals surface area contributed by atoms with Crippen LogP contribution in [0.4, 0.5) is 10.5 Å². The van der Waals surface area contributed by atoms with Crippen molar-refractivity contribution in [1.29, 1.82) is 0 Å². The maximum Gasteiger partial charge on any atom is 0.321 e. The Morgan fingerprint density at radius 2 is 1.69 bits per heavy atom. The molecule has 1 fully saturated rings. The maximum atomic E-state index is 12.8. The summed E-state index contributed by atoms with van der Waals surface area (Å²) in [5, 5.41) is 3.42. The first kappa shape index (κ1) is 18.3. The van der Waals surface area contributed by atoms with E-state index in [0.29, 0.717) is 36.9 Å². The highest BCUT2D eigenvalue weighted by Gasteiger charge is 2.26. The summed E-state index contributed by atoms with van der Waals surface area (Å²) in [6.07, 6.45) is 0. The van der Waals surface area contributed by atoms with Crippen molar-refractivity contribution in [3.8, 4) is 0 Å². The fourth-order valence-corrected chi connectivity index (χ4v) is 3.31. The topological polar surface area (TPSA) is 57.6 Å². The van der Waals surface area contributed by atoms with Gasteiger partial charge in [0.2, 0.25) is 0 Å². The van der Waals surface area contributed by atoms with Crippen molar-refractivity contribution in [3.63, 3.8) is 0 Å². The zero-order valence-corrected chi connectivity index (χ0v) is 16.0. The van der Waals surface area contributed by atoms with Crippen molar-refractivity contribution < 1.29 is 9.59 Å². The molecular formula is C19H23ClN4O2. The predicted molar refractivity (Wildman–Crippen MR) is 103 cm³/mol. The van der Waals surface area contributed by atoms with Gasteiger partial charge in [-0.05, 0) is 38.1 Å². The fourth-order valence-electron chi connectivity index (χ4n) is 3.12. The molecule has 0 spiro atoms.